The van der Waals surface area contributed by atoms with Gasteiger partial charge in [0.05, 0.1) is 0 Å². The van der Waals surface area contributed by atoms with Crippen molar-refractivity contribution in [2.24, 2.45) is 17.8 Å². The first-order valence-corrected chi connectivity index (χ1v) is 6.67. The second kappa shape index (κ2) is 8.04. The highest BCUT2D eigenvalue weighted by Gasteiger charge is 2.15. The summed E-state index contributed by atoms with van der Waals surface area (Å²) < 4.78 is 5.37. The van der Waals surface area contributed by atoms with E-state index in [2.05, 4.69) is 24.5 Å². The lowest BCUT2D eigenvalue weighted by Crippen LogP contribution is -2.36. The molecule has 0 aromatic heterocycles. The van der Waals surface area contributed by atoms with E-state index in [9.17, 15) is 0 Å². The third-order valence-electron chi connectivity index (χ3n) is 3.59. The van der Waals surface area contributed by atoms with E-state index in [1.54, 1.807) is 0 Å². The predicted molar refractivity (Wildman–Crippen MR) is 68.7 cm³/mol. The van der Waals surface area contributed by atoms with Crippen molar-refractivity contribution in [1.82, 2.24) is 10.6 Å². The third-order valence-corrected chi connectivity index (χ3v) is 3.59. The number of ether oxygens (including phenoxy) is 1. The maximum absolute atomic E-state index is 5.37. The summed E-state index contributed by atoms with van der Waals surface area (Å²) in [7, 11) is 2.04. The van der Waals surface area contributed by atoms with Gasteiger partial charge in [-0.2, -0.15) is 0 Å². The Morgan fingerprint density at radius 3 is 2.44 bits per heavy atom. The highest BCUT2D eigenvalue weighted by molar-refractivity contribution is 4.71. The Morgan fingerprint density at radius 2 is 1.88 bits per heavy atom. The molecule has 0 aromatic carbocycles. The van der Waals surface area contributed by atoms with Crippen molar-refractivity contribution in [2.75, 3.05) is 39.9 Å². The molecule has 1 rings (SSSR count). The summed E-state index contributed by atoms with van der Waals surface area (Å²) in [6.45, 7) is 9.92. The van der Waals surface area contributed by atoms with Gasteiger partial charge in [-0.15, -0.1) is 0 Å². The molecule has 0 aromatic rings. The second-order valence-corrected chi connectivity index (χ2v) is 5.28. The molecule has 96 valence electrons. The van der Waals surface area contributed by atoms with Crippen molar-refractivity contribution in [3.63, 3.8) is 0 Å². The predicted octanol–water partition coefficient (Wildman–Crippen LogP) is 1.49. The molecule has 1 aliphatic rings. The van der Waals surface area contributed by atoms with E-state index in [1.807, 2.05) is 7.05 Å². The molecule has 0 amide bonds. The van der Waals surface area contributed by atoms with E-state index in [-0.39, 0.29) is 0 Å². The van der Waals surface area contributed by atoms with E-state index >= 15 is 0 Å². The molecule has 3 nitrogen and oxygen atoms in total. The molecule has 1 heterocycles. The lowest BCUT2D eigenvalue weighted by molar-refractivity contribution is 0.0659. The minimum Gasteiger partial charge on any atom is -0.381 e. The van der Waals surface area contributed by atoms with E-state index in [0.29, 0.717) is 0 Å². The van der Waals surface area contributed by atoms with E-state index in [4.69, 9.17) is 4.74 Å². The Labute approximate surface area is 100 Å². The van der Waals surface area contributed by atoms with Crippen molar-refractivity contribution in [1.29, 1.82) is 0 Å². The fraction of sp³-hybridized carbons (Fsp3) is 1.00. The smallest absolute Gasteiger partial charge is 0.0469 e. The van der Waals surface area contributed by atoms with Gasteiger partial charge in [0.2, 0.25) is 0 Å². The lowest BCUT2D eigenvalue weighted by Gasteiger charge is -2.25. The Balaban J connectivity index is 2.11. The zero-order valence-corrected chi connectivity index (χ0v) is 11.1. The summed E-state index contributed by atoms with van der Waals surface area (Å²) in [5, 5.41) is 6.90. The number of hydrogen-bond donors (Lipinski definition) is 2. The lowest BCUT2D eigenvalue weighted by atomic mass is 9.95. The quantitative estimate of drug-likeness (QED) is 0.693. The van der Waals surface area contributed by atoms with Gasteiger partial charge >= 0.3 is 0 Å². The van der Waals surface area contributed by atoms with Crippen LogP contribution in [0, 0.1) is 17.8 Å². The molecule has 0 spiro atoms. The van der Waals surface area contributed by atoms with E-state index in [1.165, 1.54) is 12.8 Å². The second-order valence-electron chi connectivity index (χ2n) is 5.28. The molecule has 0 bridgehead atoms. The molecule has 0 aliphatic carbocycles. The molecular formula is C13H28N2O. The summed E-state index contributed by atoms with van der Waals surface area (Å²) in [5.74, 6) is 2.32. The summed E-state index contributed by atoms with van der Waals surface area (Å²) in [6, 6.07) is 0. The van der Waals surface area contributed by atoms with Crippen LogP contribution in [0.4, 0.5) is 0 Å². The van der Waals surface area contributed by atoms with Crippen LogP contribution in [0.2, 0.25) is 0 Å². The normalized spacial score (nSPS) is 20.2. The van der Waals surface area contributed by atoms with Gasteiger partial charge in [0.25, 0.3) is 0 Å². The molecular weight excluding hydrogens is 200 g/mol. The fourth-order valence-electron chi connectivity index (χ4n) is 2.23. The Morgan fingerprint density at radius 1 is 1.19 bits per heavy atom. The largest absolute Gasteiger partial charge is 0.381 e. The van der Waals surface area contributed by atoms with Gasteiger partial charge in [-0.05, 0) is 57.3 Å². The van der Waals surface area contributed by atoms with Gasteiger partial charge in [0.15, 0.2) is 0 Å². The summed E-state index contributed by atoms with van der Waals surface area (Å²) >= 11 is 0. The molecule has 3 heteroatoms. The molecule has 16 heavy (non-hydrogen) atoms. The summed E-state index contributed by atoms with van der Waals surface area (Å²) in [6.07, 6.45) is 2.46. The highest BCUT2D eigenvalue weighted by atomic mass is 16.5. The average Bonchev–Trinajstić information content (AvgIpc) is 2.29. The monoisotopic (exact) mass is 228 g/mol. The van der Waals surface area contributed by atoms with Crippen molar-refractivity contribution < 1.29 is 4.74 Å². The minimum atomic E-state index is 0.741. The van der Waals surface area contributed by atoms with Crippen LogP contribution in [0.5, 0.6) is 0 Å². The molecule has 1 aliphatic heterocycles. The topological polar surface area (TPSA) is 33.3 Å². The molecule has 1 unspecified atom stereocenters. The number of rotatable bonds is 7. The zero-order chi connectivity index (χ0) is 11.8. The van der Waals surface area contributed by atoms with E-state index in [0.717, 1.165) is 50.6 Å². The molecule has 1 fully saturated rings. The SMILES string of the molecule is CNCC(CNCC1CCOCC1)C(C)C. The Bertz CT molecular complexity index is 167. The van der Waals surface area contributed by atoms with Gasteiger partial charge < -0.3 is 15.4 Å². The van der Waals surface area contributed by atoms with Crippen molar-refractivity contribution in [3.05, 3.63) is 0 Å². The number of hydrogen-bond acceptors (Lipinski definition) is 3. The average molecular weight is 228 g/mol. The van der Waals surface area contributed by atoms with Crippen molar-refractivity contribution in [2.45, 2.75) is 26.7 Å². The minimum absolute atomic E-state index is 0.741. The van der Waals surface area contributed by atoms with Gasteiger partial charge in [0, 0.05) is 13.2 Å². The highest BCUT2D eigenvalue weighted by Crippen LogP contribution is 2.14. The first-order chi connectivity index (χ1) is 7.74. The van der Waals surface area contributed by atoms with Crippen LogP contribution >= 0.6 is 0 Å². The molecule has 0 saturated carbocycles. The van der Waals surface area contributed by atoms with Crippen LogP contribution < -0.4 is 10.6 Å². The van der Waals surface area contributed by atoms with Crippen molar-refractivity contribution >= 4 is 0 Å². The summed E-state index contributed by atoms with van der Waals surface area (Å²) in [5.41, 5.74) is 0. The number of nitrogens with one attached hydrogen (secondary N) is 2. The van der Waals surface area contributed by atoms with Crippen LogP contribution in [0.15, 0.2) is 0 Å². The Hall–Kier alpha value is -0.120. The first kappa shape index (κ1) is 13.9. The van der Waals surface area contributed by atoms with Crippen LogP contribution in [0.25, 0.3) is 0 Å². The fourth-order valence-corrected chi connectivity index (χ4v) is 2.23. The van der Waals surface area contributed by atoms with Crippen LogP contribution in [-0.2, 0) is 4.74 Å². The van der Waals surface area contributed by atoms with Crippen LogP contribution in [0.1, 0.15) is 26.7 Å². The van der Waals surface area contributed by atoms with Gasteiger partial charge in [0.1, 0.15) is 0 Å². The van der Waals surface area contributed by atoms with E-state index < -0.39 is 0 Å². The van der Waals surface area contributed by atoms with Crippen molar-refractivity contribution in [3.8, 4) is 0 Å². The molecule has 1 atom stereocenters. The third kappa shape index (κ3) is 5.28. The zero-order valence-electron chi connectivity index (χ0n) is 11.1. The Kier molecular flexibility index (Phi) is 7.01. The van der Waals surface area contributed by atoms with Gasteiger partial charge in [-0.3, -0.25) is 0 Å². The maximum Gasteiger partial charge on any atom is 0.0469 e. The first-order valence-electron chi connectivity index (χ1n) is 6.67. The summed E-state index contributed by atoms with van der Waals surface area (Å²) in [4.78, 5) is 0. The molecule has 0 radical (unpaired) electrons. The van der Waals surface area contributed by atoms with Gasteiger partial charge in [-0.1, -0.05) is 13.8 Å². The standard InChI is InChI=1S/C13H28N2O/c1-11(2)13(9-14-3)10-15-8-12-4-6-16-7-5-12/h11-15H,4-10H2,1-3H3. The van der Waals surface area contributed by atoms with Gasteiger partial charge in [-0.25, -0.2) is 0 Å². The molecule has 2 N–H and O–H groups in total. The molecule has 1 saturated heterocycles. The van der Waals surface area contributed by atoms with Crippen LogP contribution in [-0.4, -0.2) is 39.9 Å². The van der Waals surface area contributed by atoms with Crippen LogP contribution in [0.3, 0.4) is 0 Å². The maximum atomic E-state index is 5.37.